The summed E-state index contributed by atoms with van der Waals surface area (Å²) in [6.45, 7) is 1.68. The van der Waals surface area contributed by atoms with Crippen LogP contribution < -0.4 is 10.3 Å². The highest BCUT2D eigenvalue weighted by Gasteiger charge is 2.45. The zero-order chi connectivity index (χ0) is 20.3. The first-order chi connectivity index (χ1) is 14.0. The van der Waals surface area contributed by atoms with Gasteiger partial charge in [0.05, 0.1) is 17.0 Å². The van der Waals surface area contributed by atoms with E-state index in [1.54, 1.807) is 43.3 Å². The van der Waals surface area contributed by atoms with Crippen molar-refractivity contribution < 1.29 is 18.1 Å². The van der Waals surface area contributed by atoms with E-state index in [1.165, 1.54) is 17.0 Å². The summed E-state index contributed by atoms with van der Waals surface area (Å²) in [4.78, 5) is 27.8. The van der Waals surface area contributed by atoms with Crippen LogP contribution in [0.5, 0.6) is 0 Å². The molecule has 1 aliphatic rings. The summed E-state index contributed by atoms with van der Waals surface area (Å²) in [5, 5.41) is 4.20. The van der Waals surface area contributed by atoms with Crippen molar-refractivity contribution in [2.75, 3.05) is 4.90 Å². The van der Waals surface area contributed by atoms with Crippen LogP contribution >= 0.6 is 15.9 Å². The summed E-state index contributed by atoms with van der Waals surface area (Å²) in [6, 6.07) is 11.5. The molecule has 5 rings (SSSR count). The first kappa shape index (κ1) is 17.8. The van der Waals surface area contributed by atoms with Gasteiger partial charge >= 0.3 is 0 Å². The van der Waals surface area contributed by atoms with E-state index in [-0.39, 0.29) is 28.3 Å². The van der Waals surface area contributed by atoms with E-state index < -0.39 is 23.2 Å². The topological polar surface area (TPSA) is 76.6 Å². The largest absolute Gasteiger partial charge is 0.450 e. The highest BCUT2D eigenvalue weighted by molar-refractivity contribution is 9.10. The van der Waals surface area contributed by atoms with Gasteiger partial charge in [0.25, 0.3) is 5.91 Å². The summed E-state index contributed by atoms with van der Waals surface area (Å²) in [5.41, 5.74) is 0.121. The van der Waals surface area contributed by atoms with E-state index in [9.17, 15) is 14.0 Å². The standard InChI is InChI=1S/C21H12BrFN2O4/c1-10-8-16(24-29-10)25-18(12-4-2-3-5-14(12)23)17-19(26)13-9-11(22)6-7-15(13)28-20(17)21(25)27/h2-9,18H,1H3/t18-/m0/s1. The minimum absolute atomic E-state index is 0.0753. The van der Waals surface area contributed by atoms with Gasteiger partial charge in [0.2, 0.25) is 5.76 Å². The van der Waals surface area contributed by atoms with E-state index in [0.29, 0.717) is 15.6 Å². The van der Waals surface area contributed by atoms with Gasteiger partial charge in [0.1, 0.15) is 17.2 Å². The lowest BCUT2D eigenvalue weighted by atomic mass is 9.98. The molecule has 1 atom stereocenters. The fraction of sp³-hybridized carbons (Fsp3) is 0.0952. The van der Waals surface area contributed by atoms with Crippen molar-refractivity contribution in [3.8, 4) is 0 Å². The predicted molar refractivity (Wildman–Crippen MR) is 106 cm³/mol. The highest BCUT2D eigenvalue weighted by atomic mass is 79.9. The van der Waals surface area contributed by atoms with Crippen LogP contribution in [0.1, 0.15) is 33.5 Å². The molecule has 0 bridgehead atoms. The second-order valence-corrected chi connectivity index (χ2v) is 7.63. The first-order valence-electron chi connectivity index (χ1n) is 8.73. The van der Waals surface area contributed by atoms with Crippen molar-refractivity contribution in [2.24, 2.45) is 0 Å². The average Bonchev–Trinajstić information content (AvgIpc) is 3.24. The van der Waals surface area contributed by atoms with Crippen molar-refractivity contribution in [3.05, 3.63) is 91.7 Å². The molecule has 1 amide bonds. The van der Waals surface area contributed by atoms with Gasteiger partial charge in [-0.1, -0.05) is 39.3 Å². The van der Waals surface area contributed by atoms with E-state index in [2.05, 4.69) is 21.1 Å². The minimum Gasteiger partial charge on any atom is -0.450 e. The van der Waals surface area contributed by atoms with Crippen LogP contribution in [0.15, 0.2) is 66.7 Å². The quantitative estimate of drug-likeness (QED) is 0.437. The van der Waals surface area contributed by atoms with Crippen LogP contribution in [0.25, 0.3) is 11.0 Å². The molecule has 144 valence electrons. The normalized spacial score (nSPS) is 15.9. The number of hydrogen-bond acceptors (Lipinski definition) is 5. The fourth-order valence-electron chi connectivity index (χ4n) is 3.64. The number of aromatic nitrogens is 1. The number of nitrogens with zero attached hydrogens (tertiary/aromatic N) is 2. The number of rotatable bonds is 2. The Bertz CT molecular complexity index is 1360. The molecule has 2 aromatic heterocycles. The molecule has 0 unspecified atom stereocenters. The Labute approximate surface area is 171 Å². The van der Waals surface area contributed by atoms with Crippen molar-refractivity contribution in [3.63, 3.8) is 0 Å². The molecule has 0 fully saturated rings. The Morgan fingerprint density at radius 1 is 1.14 bits per heavy atom. The van der Waals surface area contributed by atoms with E-state index in [4.69, 9.17) is 8.94 Å². The first-order valence-corrected chi connectivity index (χ1v) is 9.52. The van der Waals surface area contributed by atoms with Gasteiger partial charge in [-0.3, -0.25) is 14.5 Å². The van der Waals surface area contributed by atoms with Gasteiger partial charge in [-0.15, -0.1) is 0 Å². The SMILES string of the molecule is Cc1cc(N2C(=O)c3oc4ccc(Br)cc4c(=O)c3[C@@H]2c2ccccc2F)no1. The number of hydrogen-bond donors (Lipinski definition) is 0. The maximum Gasteiger partial charge on any atom is 0.296 e. The van der Waals surface area contributed by atoms with Gasteiger partial charge in [-0.2, -0.15) is 0 Å². The van der Waals surface area contributed by atoms with Gasteiger partial charge < -0.3 is 8.94 Å². The van der Waals surface area contributed by atoms with E-state index in [1.807, 2.05) is 0 Å². The average molecular weight is 455 g/mol. The molecule has 0 saturated carbocycles. The molecular weight excluding hydrogens is 443 g/mol. The molecular formula is C21H12BrFN2O4. The third-order valence-electron chi connectivity index (χ3n) is 4.89. The van der Waals surface area contributed by atoms with Crippen LogP contribution in [0.2, 0.25) is 0 Å². The number of halogens is 2. The molecule has 8 heteroatoms. The molecule has 1 aliphatic heterocycles. The van der Waals surface area contributed by atoms with Gasteiger partial charge in [0, 0.05) is 16.1 Å². The summed E-state index contributed by atoms with van der Waals surface area (Å²) >= 11 is 3.34. The molecule has 0 N–H and O–H groups in total. The molecule has 0 aliphatic carbocycles. The number of benzene rings is 2. The Morgan fingerprint density at radius 2 is 1.93 bits per heavy atom. The molecule has 3 heterocycles. The number of carbonyl (C=O) groups excluding carboxylic acids is 1. The van der Waals surface area contributed by atoms with Crippen molar-refractivity contribution in [1.82, 2.24) is 5.16 Å². The Kier molecular flexibility index (Phi) is 3.92. The van der Waals surface area contributed by atoms with Crippen molar-refractivity contribution >= 4 is 38.6 Å². The molecule has 0 saturated heterocycles. The van der Waals surface area contributed by atoms with Gasteiger partial charge in [0.15, 0.2) is 11.2 Å². The third kappa shape index (κ3) is 2.63. The Hall–Kier alpha value is -3.26. The molecule has 0 radical (unpaired) electrons. The summed E-state index contributed by atoms with van der Waals surface area (Å²) < 4.78 is 26.4. The molecule has 0 spiro atoms. The summed E-state index contributed by atoms with van der Waals surface area (Å²) in [6.07, 6.45) is 0. The lowest BCUT2D eigenvalue weighted by molar-refractivity contribution is 0.0969. The van der Waals surface area contributed by atoms with Crippen LogP contribution in [0.3, 0.4) is 0 Å². The summed E-state index contributed by atoms with van der Waals surface area (Å²) in [5.74, 6) is -0.597. The second kappa shape index (κ2) is 6.38. The molecule has 29 heavy (non-hydrogen) atoms. The fourth-order valence-corrected chi connectivity index (χ4v) is 4.00. The molecule has 4 aromatic rings. The number of anilines is 1. The molecule has 2 aromatic carbocycles. The monoisotopic (exact) mass is 454 g/mol. The number of amides is 1. The van der Waals surface area contributed by atoms with E-state index in [0.717, 1.165) is 0 Å². The van der Waals surface area contributed by atoms with Gasteiger partial charge in [-0.25, -0.2) is 4.39 Å². The number of fused-ring (bicyclic) bond motifs is 2. The lowest BCUT2D eigenvalue weighted by Gasteiger charge is -2.22. The zero-order valence-electron chi connectivity index (χ0n) is 15.0. The maximum atomic E-state index is 14.7. The zero-order valence-corrected chi connectivity index (χ0v) is 16.6. The lowest BCUT2D eigenvalue weighted by Crippen LogP contribution is -2.30. The highest BCUT2D eigenvalue weighted by Crippen LogP contribution is 2.41. The number of carbonyl (C=O) groups is 1. The minimum atomic E-state index is -1.03. The second-order valence-electron chi connectivity index (χ2n) is 6.71. The van der Waals surface area contributed by atoms with Crippen molar-refractivity contribution in [1.29, 1.82) is 0 Å². The predicted octanol–water partition coefficient (Wildman–Crippen LogP) is 4.74. The van der Waals surface area contributed by atoms with Crippen LogP contribution in [-0.2, 0) is 0 Å². The van der Waals surface area contributed by atoms with Crippen LogP contribution in [-0.4, -0.2) is 11.1 Å². The Morgan fingerprint density at radius 3 is 2.66 bits per heavy atom. The maximum absolute atomic E-state index is 14.7. The van der Waals surface area contributed by atoms with Crippen LogP contribution in [0.4, 0.5) is 10.2 Å². The summed E-state index contributed by atoms with van der Waals surface area (Å²) in [7, 11) is 0. The van der Waals surface area contributed by atoms with E-state index >= 15 is 0 Å². The smallest absolute Gasteiger partial charge is 0.296 e. The number of aryl methyl sites for hydroxylation is 1. The Balaban J connectivity index is 1.86. The van der Waals surface area contributed by atoms with Crippen molar-refractivity contribution in [2.45, 2.75) is 13.0 Å². The van der Waals surface area contributed by atoms with Gasteiger partial charge in [-0.05, 0) is 31.2 Å². The van der Waals surface area contributed by atoms with Crippen LogP contribution in [0, 0.1) is 12.7 Å². The molecule has 6 nitrogen and oxygen atoms in total. The third-order valence-corrected chi connectivity index (χ3v) is 5.39.